The average Bonchev–Trinajstić information content (AvgIpc) is 3.12. The number of anilines is 2. The average molecular weight is 388 g/mol. The minimum Gasteiger partial charge on any atom is -0.382 e. The van der Waals surface area contributed by atoms with Gasteiger partial charge in [0.05, 0.1) is 16.9 Å². The highest BCUT2D eigenvalue weighted by molar-refractivity contribution is 6.34. The molecule has 3 heterocycles. The number of rotatable bonds is 3. The normalized spacial score (nSPS) is 24.4. The maximum absolute atomic E-state index is 8.44. The van der Waals surface area contributed by atoms with Crippen LogP contribution in [0.3, 0.4) is 0 Å². The Labute approximate surface area is 164 Å². The van der Waals surface area contributed by atoms with Crippen molar-refractivity contribution in [2.45, 2.75) is 44.7 Å². The van der Waals surface area contributed by atoms with E-state index < -0.39 is 6.17 Å². The predicted molar refractivity (Wildman–Crippen MR) is 109 cm³/mol. The number of dihydropyridines is 1. The van der Waals surface area contributed by atoms with E-state index >= 15 is 0 Å². The van der Waals surface area contributed by atoms with E-state index in [-0.39, 0.29) is 11.5 Å². The maximum Gasteiger partial charge on any atom is 0.154 e. The summed E-state index contributed by atoms with van der Waals surface area (Å²) in [6, 6.07) is 0. The first kappa shape index (κ1) is 18.3. The smallest absolute Gasteiger partial charge is 0.154 e. The summed E-state index contributed by atoms with van der Waals surface area (Å²) in [6.45, 7) is 1.98. The van der Waals surface area contributed by atoms with Gasteiger partial charge in [0.15, 0.2) is 5.82 Å². The Morgan fingerprint density at radius 3 is 2.63 bits per heavy atom. The number of aromatic nitrogens is 2. The zero-order valence-electron chi connectivity index (χ0n) is 15.3. The second kappa shape index (κ2) is 7.13. The van der Waals surface area contributed by atoms with Gasteiger partial charge in [0.25, 0.3) is 0 Å². The van der Waals surface area contributed by atoms with E-state index in [1.807, 2.05) is 0 Å². The van der Waals surface area contributed by atoms with Gasteiger partial charge in [0.1, 0.15) is 17.7 Å². The van der Waals surface area contributed by atoms with Crippen LogP contribution in [0.25, 0.3) is 0 Å². The van der Waals surface area contributed by atoms with Crippen LogP contribution in [-0.4, -0.2) is 34.9 Å². The Kier molecular flexibility index (Phi) is 4.82. The van der Waals surface area contributed by atoms with Crippen molar-refractivity contribution in [1.82, 2.24) is 15.3 Å². The molecule has 27 heavy (non-hydrogen) atoms. The van der Waals surface area contributed by atoms with Crippen LogP contribution in [0.15, 0.2) is 29.1 Å². The van der Waals surface area contributed by atoms with Gasteiger partial charge in [0, 0.05) is 18.7 Å². The number of nitrogens with zero attached hydrogens (tertiary/aromatic N) is 3. The third kappa shape index (κ3) is 3.41. The van der Waals surface area contributed by atoms with Crippen LogP contribution in [-0.2, 0) is 0 Å². The molecule has 0 aromatic carbocycles. The van der Waals surface area contributed by atoms with Gasteiger partial charge < -0.3 is 21.7 Å². The molecule has 7 nitrogen and oxygen atoms in total. The molecule has 1 saturated carbocycles. The first-order chi connectivity index (χ1) is 13.0. The van der Waals surface area contributed by atoms with Gasteiger partial charge in [0.2, 0.25) is 0 Å². The highest BCUT2D eigenvalue weighted by Crippen LogP contribution is 2.46. The van der Waals surface area contributed by atoms with Gasteiger partial charge in [-0.1, -0.05) is 24.4 Å². The summed E-state index contributed by atoms with van der Waals surface area (Å²) in [6.07, 6.45) is 12.5. The molecule has 0 bridgehead atoms. The zero-order chi connectivity index (χ0) is 19.0. The van der Waals surface area contributed by atoms with Crippen LogP contribution in [0.2, 0.25) is 0 Å². The molecule has 144 valence electrons. The van der Waals surface area contributed by atoms with Gasteiger partial charge in [-0.25, -0.2) is 9.97 Å². The lowest BCUT2D eigenvalue weighted by molar-refractivity contribution is 0.226. The number of hydrogen-bond acceptors (Lipinski definition) is 7. The number of halogens is 1. The van der Waals surface area contributed by atoms with E-state index in [0.717, 1.165) is 18.9 Å². The van der Waals surface area contributed by atoms with Crippen LogP contribution in [0.5, 0.6) is 0 Å². The highest BCUT2D eigenvalue weighted by Gasteiger charge is 2.37. The highest BCUT2D eigenvalue weighted by atomic mass is 35.5. The lowest BCUT2D eigenvalue weighted by atomic mass is 9.77. The fourth-order valence-electron chi connectivity index (χ4n) is 4.46. The summed E-state index contributed by atoms with van der Waals surface area (Å²) in [4.78, 5) is 11.2. The second-order valence-electron chi connectivity index (χ2n) is 7.77. The summed E-state index contributed by atoms with van der Waals surface area (Å²) >= 11 is 6.25. The van der Waals surface area contributed by atoms with Crippen molar-refractivity contribution in [2.75, 3.05) is 23.7 Å². The number of piperidine rings is 1. The molecule has 2 fully saturated rings. The van der Waals surface area contributed by atoms with E-state index in [1.165, 1.54) is 38.5 Å². The Bertz CT molecular complexity index is 800. The SMILES string of the molecule is N=C(C1=C(Cl)C(N)NC=C1)c1ncc(N2CCC3(CCCC3)CC2)nc1N. The monoisotopic (exact) mass is 387 g/mol. The molecule has 8 heteroatoms. The van der Waals surface area contributed by atoms with Crippen LogP contribution in [0.4, 0.5) is 11.6 Å². The summed E-state index contributed by atoms with van der Waals surface area (Å²) in [5.74, 6) is 1.03. The zero-order valence-corrected chi connectivity index (χ0v) is 16.1. The van der Waals surface area contributed by atoms with E-state index in [4.69, 9.17) is 28.5 Å². The lowest BCUT2D eigenvalue weighted by Gasteiger charge is -2.39. The standard InChI is InChI=1S/C19H26ClN7/c20-14-12(3-8-24-17(14)22)15(21)16-18(23)26-13(11-25-16)27-9-6-19(7-10-27)4-1-2-5-19/h3,8,11,17,21,24H,1-2,4-7,9-10,22H2,(H2,23,26). The van der Waals surface area contributed by atoms with Gasteiger partial charge in [-0.15, -0.1) is 0 Å². The number of nitrogens with one attached hydrogen (secondary N) is 2. The molecular weight excluding hydrogens is 362 g/mol. The van der Waals surface area contributed by atoms with Crippen LogP contribution in [0.1, 0.15) is 44.2 Å². The minimum absolute atomic E-state index is 0.133. The van der Waals surface area contributed by atoms with E-state index in [9.17, 15) is 0 Å². The molecule has 0 amide bonds. The molecule has 0 radical (unpaired) electrons. The van der Waals surface area contributed by atoms with Crippen molar-refractivity contribution < 1.29 is 0 Å². The third-order valence-corrected chi connectivity index (χ3v) is 6.60. The Hall–Kier alpha value is -2.12. The van der Waals surface area contributed by atoms with E-state index in [0.29, 0.717) is 21.7 Å². The van der Waals surface area contributed by atoms with Gasteiger partial charge in [-0.2, -0.15) is 0 Å². The summed E-state index contributed by atoms with van der Waals surface area (Å²) in [5, 5.41) is 11.7. The van der Waals surface area contributed by atoms with Gasteiger partial charge in [-0.05, 0) is 43.4 Å². The fourth-order valence-corrected chi connectivity index (χ4v) is 4.68. The molecule has 1 saturated heterocycles. The van der Waals surface area contributed by atoms with Crippen molar-refractivity contribution in [3.63, 3.8) is 0 Å². The predicted octanol–water partition coefficient (Wildman–Crippen LogP) is 2.48. The molecule has 1 aliphatic carbocycles. The maximum atomic E-state index is 8.44. The van der Waals surface area contributed by atoms with Crippen molar-refractivity contribution in [3.05, 3.63) is 34.8 Å². The molecule has 1 unspecified atom stereocenters. The largest absolute Gasteiger partial charge is 0.382 e. The Balaban J connectivity index is 1.51. The third-order valence-electron chi connectivity index (χ3n) is 6.16. The van der Waals surface area contributed by atoms with Crippen molar-refractivity contribution >= 4 is 28.9 Å². The minimum atomic E-state index is -0.531. The quantitative estimate of drug-likeness (QED) is 0.592. The van der Waals surface area contributed by atoms with Crippen LogP contribution in [0, 0.1) is 10.8 Å². The summed E-state index contributed by atoms with van der Waals surface area (Å²) in [5.41, 5.74) is 13.6. The van der Waals surface area contributed by atoms with Crippen molar-refractivity contribution in [1.29, 1.82) is 5.41 Å². The molecule has 1 spiro atoms. The Morgan fingerprint density at radius 1 is 1.26 bits per heavy atom. The molecule has 3 aliphatic rings. The summed E-state index contributed by atoms with van der Waals surface area (Å²) in [7, 11) is 0. The number of allylic oxidation sites excluding steroid dienone is 2. The second-order valence-corrected chi connectivity index (χ2v) is 8.18. The number of nitrogens with two attached hydrogens (primary N) is 2. The number of hydrogen-bond donors (Lipinski definition) is 4. The molecule has 2 aliphatic heterocycles. The molecule has 1 aromatic rings. The van der Waals surface area contributed by atoms with E-state index in [2.05, 4.69) is 20.2 Å². The molecule has 6 N–H and O–H groups in total. The summed E-state index contributed by atoms with van der Waals surface area (Å²) < 4.78 is 0. The van der Waals surface area contributed by atoms with Gasteiger partial charge in [-0.3, -0.25) is 5.41 Å². The van der Waals surface area contributed by atoms with Crippen LogP contribution >= 0.6 is 11.6 Å². The fraction of sp³-hybridized carbons (Fsp3) is 0.526. The Morgan fingerprint density at radius 2 is 1.96 bits per heavy atom. The molecule has 1 atom stereocenters. The topological polar surface area (TPSA) is 117 Å². The lowest BCUT2D eigenvalue weighted by Crippen LogP contribution is -2.39. The van der Waals surface area contributed by atoms with E-state index in [1.54, 1.807) is 18.5 Å². The molecular formula is C19H26ClN7. The first-order valence-electron chi connectivity index (χ1n) is 9.54. The van der Waals surface area contributed by atoms with Gasteiger partial charge >= 0.3 is 0 Å². The molecule has 1 aromatic heterocycles. The molecule has 4 rings (SSSR count). The van der Waals surface area contributed by atoms with Crippen molar-refractivity contribution in [2.24, 2.45) is 11.1 Å². The number of nitrogen functional groups attached to an aromatic ring is 1. The first-order valence-corrected chi connectivity index (χ1v) is 9.91. The van der Waals surface area contributed by atoms with Crippen LogP contribution < -0.4 is 21.7 Å². The van der Waals surface area contributed by atoms with Crippen molar-refractivity contribution in [3.8, 4) is 0 Å².